The number of rotatable bonds is 5. The van der Waals surface area contributed by atoms with Gasteiger partial charge in [0.2, 0.25) is 0 Å². The predicted octanol–water partition coefficient (Wildman–Crippen LogP) is 4.47. The van der Waals surface area contributed by atoms with Crippen LogP contribution in [0.3, 0.4) is 0 Å². The van der Waals surface area contributed by atoms with E-state index in [0.717, 1.165) is 17.5 Å². The van der Waals surface area contributed by atoms with Crippen molar-refractivity contribution in [1.29, 1.82) is 0 Å². The van der Waals surface area contributed by atoms with E-state index in [1.54, 1.807) is 5.37 Å². The highest BCUT2D eigenvalue weighted by Crippen LogP contribution is 2.13. The lowest BCUT2D eigenvalue weighted by Gasteiger charge is -2.05. The second kappa shape index (κ2) is 6.58. The molecule has 0 amide bonds. The molecule has 0 heterocycles. The quantitative estimate of drug-likeness (QED) is 0.594. The zero-order valence-corrected chi connectivity index (χ0v) is 12.7. The average molecular weight is 282 g/mol. The largest absolute Gasteiger partial charge is 0.294 e. The van der Waals surface area contributed by atoms with Gasteiger partial charge in [-0.3, -0.25) is 4.79 Å². The molecule has 0 saturated heterocycles. The van der Waals surface area contributed by atoms with Gasteiger partial charge in [-0.05, 0) is 42.5 Å². The van der Waals surface area contributed by atoms with Crippen molar-refractivity contribution in [3.63, 3.8) is 0 Å². The molecule has 0 unspecified atom stereocenters. The Hall–Kier alpha value is -1.80. The second-order valence-electron chi connectivity index (χ2n) is 5.08. The summed E-state index contributed by atoms with van der Waals surface area (Å²) in [5.41, 5.74) is 5.51. The number of carbonyl (C=O) groups is 1. The van der Waals surface area contributed by atoms with Crippen molar-refractivity contribution in [3.05, 3.63) is 70.3 Å². The van der Waals surface area contributed by atoms with E-state index in [1.165, 1.54) is 16.7 Å². The number of thiocarbonyl (C=S) groups is 1. The van der Waals surface area contributed by atoms with Crippen LogP contribution in [0.2, 0.25) is 0 Å². The Kier molecular flexibility index (Phi) is 4.80. The zero-order valence-electron chi connectivity index (χ0n) is 11.8. The van der Waals surface area contributed by atoms with E-state index in [4.69, 9.17) is 12.2 Å². The fraction of sp³-hybridized carbons (Fsp3) is 0.222. The first-order chi connectivity index (χ1) is 9.60. The first kappa shape index (κ1) is 14.6. The molecular formula is C18H18OS. The molecule has 2 heteroatoms. The van der Waals surface area contributed by atoms with Crippen molar-refractivity contribution in [3.8, 4) is 0 Å². The molecule has 0 fully saturated rings. The van der Waals surface area contributed by atoms with E-state index in [1.807, 2.05) is 24.3 Å². The van der Waals surface area contributed by atoms with Gasteiger partial charge >= 0.3 is 0 Å². The van der Waals surface area contributed by atoms with Crippen molar-refractivity contribution in [2.24, 2.45) is 0 Å². The molecule has 0 aliphatic rings. The van der Waals surface area contributed by atoms with E-state index >= 15 is 0 Å². The fourth-order valence-electron chi connectivity index (χ4n) is 2.11. The lowest BCUT2D eigenvalue weighted by molar-refractivity contribution is 0.0983. The van der Waals surface area contributed by atoms with E-state index in [0.29, 0.717) is 6.42 Å². The monoisotopic (exact) mass is 282 g/mol. The third kappa shape index (κ3) is 3.61. The van der Waals surface area contributed by atoms with Crippen LogP contribution >= 0.6 is 12.2 Å². The zero-order chi connectivity index (χ0) is 14.5. The summed E-state index contributed by atoms with van der Waals surface area (Å²) in [5.74, 6) is 0.180. The summed E-state index contributed by atoms with van der Waals surface area (Å²) in [6, 6.07) is 13.8. The molecule has 0 atom stereocenters. The van der Waals surface area contributed by atoms with E-state index in [2.05, 4.69) is 32.0 Å². The van der Waals surface area contributed by atoms with Gasteiger partial charge in [-0.15, -0.1) is 0 Å². The van der Waals surface area contributed by atoms with Crippen molar-refractivity contribution < 1.29 is 4.79 Å². The van der Waals surface area contributed by atoms with Crippen LogP contribution in [0, 0.1) is 13.8 Å². The molecule has 0 aliphatic carbocycles. The number of Topliss-reactive ketones (excluding diaryl/α,β-unsaturated/α-hetero) is 1. The highest BCUT2D eigenvalue weighted by atomic mass is 32.1. The normalized spacial score (nSPS) is 10.3. The van der Waals surface area contributed by atoms with Gasteiger partial charge in [0.25, 0.3) is 0 Å². The van der Waals surface area contributed by atoms with Crippen LogP contribution in [-0.2, 0) is 6.42 Å². The van der Waals surface area contributed by atoms with Crippen LogP contribution in [0.4, 0.5) is 0 Å². The Morgan fingerprint density at radius 3 is 2.35 bits per heavy atom. The Bertz CT molecular complexity index is 626. The van der Waals surface area contributed by atoms with Gasteiger partial charge in [0, 0.05) is 17.4 Å². The van der Waals surface area contributed by atoms with Crippen LogP contribution in [0.5, 0.6) is 0 Å². The van der Waals surface area contributed by atoms with E-state index in [9.17, 15) is 4.79 Å². The molecule has 0 aromatic heterocycles. The maximum Gasteiger partial charge on any atom is 0.163 e. The SMILES string of the molecule is Cc1ccc(CCC(=O)c2ccc(C=S)cc2)cc1C. The molecule has 0 aliphatic heterocycles. The topological polar surface area (TPSA) is 17.1 Å². The Morgan fingerprint density at radius 2 is 1.75 bits per heavy atom. The molecule has 0 bridgehead atoms. The maximum absolute atomic E-state index is 12.1. The molecule has 2 aromatic rings. The number of benzene rings is 2. The predicted molar refractivity (Wildman–Crippen MR) is 87.8 cm³/mol. The van der Waals surface area contributed by atoms with Crippen LogP contribution in [0.25, 0.3) is 0 Å². The molecule has 0 spiro atoms. The molecule has 1 nitrogen and oxygen atoms in total. The van der Waals surface area contributed by atoms with Crippen LogP contribution in [-0.4, -0.2) is 11.2 Å². The Labute approximate surface area is 125 Å². The van der Waals surface area contributed by atoms with Crippen LogP contribution in [0.15, 0.2) is 42.5 Å². The van der Waals surface area contributed by atoms with Gasteiger partial charge in [-0.2, -0.15) is 0 Å². The molecule has 0 radical (unpaired) electrons. The van der Waals surface area contributed by atoms with Gasteiger partial charge in [0.15, 0.2) is 5.78 Å². The first-order valence-electron chi connectivity index (χ1n) is 6.75. The molecule has 0 N–H and O–H groups in total. The van der Waals surface area contributed by atoms with Crippen molar-refractivity contribution in [2.75, 3.05) is 0 Å². The number of hydrogen-bond acceptors (Lipinski definition) is 2. The first-order valence-corrected chi connectivity index (χ1v) is 7.22. The molecular weight excluding hydrogens is 264 g/mol. The van der Waals surface area contributed by atoms with Gasteiger partial charge in [-0.1, -0.05) is 54.7 Å². The average Bonchev–Trinajstić information content (AvgIpc) is 2.48. The summed E-state index contributed by atoms with van der Waals surface area (Å²) < 4.78 is 0. The summed E-state index contributed by atoms with van der Waals surface area (Å²) in [4.78, 5) is 12.1. The minimum atomic E-state index is 0.180. The number of hydrogen-bond donors (Lipinski definition) is 0. The third-order valence-corrected chi connectivity index (χ3v) is 3.85. The van der Waals surface area contributed by atoms with E-state index in [-0.39, 0.29) is 5.78 Å². The summed E-state index contributed by atoms with van der Waals surface area (Å²) in [6.07, 6.45) is 1.33. The molecule has 102 valence electrons. The van der Waals surface area contributed by atoms with Crippen molar-refractivity contribution in [1.82, 2.24) is 0 Å². The molecule has 20 heavy (non-hydrogen) atoms. The minimum absolute atomic E-state index is 0.180. The summed E-state index contributed by atoms with van der Waals surface area (Å²) >= 11 is 4.86. The molecule has 2 rings (SSSR count). The smallest absolute Gasteiger partial charge is 0.163 e. The second-order valence-corrected chi connectivity index (χ2v) is 5.32. The van der Waals surface area contributed by atoms with E-state index < -0.39 is 0 Å². The molecule has 2 aromatic carbocycles. The third-order valence-electron chi connectivity index (χ3n) is 3.58. The highest BCUT2D eigenvalue weighted by Gasteiger charge is 2.06. The van der Waals surface area contributed by atoms with Gasteiger partial charge < -0.3 is 0 Å². The standard InChI is InChI=1S/C18H18OS/c1-13-3-4-15(11-14(13)2)7-10-18(19)17-8-5-16(12-20)6-9-17/h3-6,8-9,11-12H,7,10H2,1-2H3. The fourth-order valence-corrected chi connectivity index (χ4v) is 2.27. The van der Waals surface area contributed by atoms with Gasteiger partial charge in [0.1, 0.15) is 0 Å². The summed E-state index contributed by atoms with van der Waals surface area (Å²) in [7, 11) is 0. The van der Waals surface area contributed by atoms with Crippen molar-refractivity contribution in [2.45, 2.75) is 26.7 Å². The number of carbonyl (C=O) groups excluding carboxylic acids is 1. The minimum Gasteiger partial charge on any atom is -0.294 e. The number of ketones is 1. The maximum atomic E-state index is 12.1. The van der Waals surface area contributed by atoms with Crippen LogP contribution < -0.4 is 0 Å². The number of aryl methyl sites for hydroxylation is 3. The Morgan fingerprint density at radius 1 is 1.05 bits per heavy atom. The van der Waals surface area contributed by atoms with Crippen LogP contribution in [0.1, 0.15) is 39.0 Å². The Balaban J connectivity index is 2.00. The van der Waals surface area contributed by atoms with Crippen molar-refractivity contribution >= 4 is 23.4 Å². The van der Waals surface area contributed by atoms with Gasteiger partial charge in [0.05, 0.1) is 0 Å². The summed E-state index contributed by atoms with van der Waals surface area (Å²) in [6.45, 7) is 4.20. The van der Waals surface area contributed by atoms with Gasteiger partial charge in [-0.25, -0.2) is 0 Å². The summed E-state index contributed by atoms with van der Waals surface area (Å²) in [5, 5.41) is 1.61. The lowest BCUT2D eigenvalue weighted by Crippen LogP contribution is -2.01. The molecule has 0 saturated carbocycles. The lowest BCUT2D eigenvalue weighted by atomic mass is 9.99. The highest BCUT2D eigenvalue weighted by molar-refractivity contribution is 7.79.